The summed E-state index contributed by atoms with van der Waals surface area (Å²) in [7, 11) is 0. The van der Waals surface area contributed by atoms with Crippen molar-refractivity contribution < 1.29 is 0 Å². The summed E-state index contributed by atoms with van der Waals surface area (Å²) in [6.45, 7) is 3.38. The molecule has 0 amide bonds. The quantitative estimate of drug-likeness (QED) is 0.922. The minimum absolute atomic E-state index is 0.0723. The van der Waals surface area contributed by atoms with Crippen molar-refractivity contribution in [3.05, 3.63) is 48.3 Å². The maximum atomic E-state index is 4.56. The van der Waals surface area contributed by atoms with Gasteiger partial charge in [-0.1, -0.05) is 38.0 Å². The van der Waals surface area contributed by atoms with E-state index in [1.807, 2.05) is 12.3 Å². The van der Waals surface area contributed by atoms with Gasteiger partial charge in [0.2, 0.25) is 0 Å². The van der Waals surface area contributed by atoms with Crippen LogP contribution < -0.4 is 5.32 Å². The smallest absolute Gasteiger partial charge is 0.0649 e. The minimum atomic E-state index is 0.0723. The first-order valence-electron chi connectivity index (χ1n) is 7.71. The lowest BCUT2D eigenvalue weighted by molar-refractivity contribution is 0.297. The number of hydrogen-bond acceptors (Lipinski definition) is 2. The lowest BCUT2D eigenvalue weighted by Crippen LogP contribution is -2.42. The topological polar surface area (TPSA) is 29.9 Å². The van der Waals surface area contributed by atoms with Crippen LogP contribution in [-0.2, 0) is 5.54 Å². The van der Waals surface area contributed by atoms with Gasteiger partial charge in [0, 0.05) is 6.20 Å². The average Bonchev–Trinajstić information content (AvgIpc) is 2.88. The standard InChI is InChI=1S/C17H23N3/c1-2-17(12-7-4-8-13-18-17)16-11-14-19-20(16)15-9-5-3-6-10-15/h3,5-6,9-11,14,18H,2,4,7-8,12-13H2,1H3. The van der Waals surface area contributed by atoms with Crippen LogP contribution >= 0.6 is 0 Å². The second-order valence-electron chi connectivity index (χ2n) is 5.64. The van der Waals surface area contributed by atoms with Crippen molar-refractivity contribution in [3.63, 3.8) is 0 Å². The molecule has 1 aromatic carbocycles. The maximum absolute atomic E-state index is 4.56. The van der Waals surface area contributed by atoms with Gasteiger partial charge < -0.3 is 5.32 Å². The molecule has 1 atom stereocenters. The molecule has 0 aliphatic carbocycles. The first kappa shape index (κ1) is 13.4. The molecule has 0 bridgehead atoms. The monoisotopic (exact) mass is 269 g/mol. The summed E-state index contributed by atoms with van der Waals surface area (Å²) < 4.78 is 2.10. The van der Waals surface area contributed by atoms with Crippen molar-refractivity contribution in [1.82, 2.24) is 15.1 Å². The van der Waals surface area contributed by atoms with Crippen LogP contribution in [0.5, 0.6) is 0 Å². The highest BCUT2D eigenvalue weighted by Crippen LogP contribution is 2.33. The number of hydrogen-bond donors (Lipinski definition) is 1. The lowest BCUT2D eigenvalue weighted by atomic mass is 9.87. The van der Waals surface area contributed by atoms with E-state index in [-0.39, 0.29) is 5.54 Å². The molecule has 3 nitrogen and oxygen atoms in total. The molecular formula is C17H23N3. The number of nitrogens with one attached hydrogen (secondary N) is 1. The molecule has 1 unspecified atom stereocenters. The molecule has 2 aromatic rings. The van der Waals surface area contributed by atoms with Gasteiger partial charge in [-0.15, -0.1) is 0 Å². The highest BCUT2D eigenvalue weighted by Gasteiger charge is 2.33. The Morgan fingerprint density at radius 1 is 1.15 bits per heavy atom. The van der Waals surface area contributed by atoms with Crippen LogP contribution in [0.4, 0.5) is 0 Å². The van der Waals surface area contributed by atoms with E-state index in [1.165, 1.54) is 31.4 Å². The van der Waals surface area contributed by atoms with Crippen LogP contribution in [0.3, 0.4) is 0 Å². The Kier molecular flexibility index (Phi) is 3.88. The third-order valence-electron chi connectivity index (χ3n) is 4.48. The van der Waals surface area contributed by atoms with Crippen molar-refractivity contribution in [2.75, 3.05) is 6.54 Å². The van der Waals surface area contributed by atoms with Gasteiger partial charge in [-0.2, -0.15) is 5.10 Å². The third kappa shape index (κ3) is 2.38. The summed E-state index contributed by atoms with van der Waals surface area (Å²) >= 11 is 0. The zero-order chi connectivity index (χ0) is 13.8. The Morgan fingerprint density at radius 3 is 2.80 bits per heavy atom. The molecular weight excluding hydrogens is 246 g/mol. The van der Waals surface area contributed by atoms with E-state index < -0.39 is 0 Å². The van der Waals surface area contributed by atoms with Crippen molar-refractivity contribution in [3.8, 4) is 5.69 Å². The number of nitrogens with zero attached hydrogens (tertiary/aromatic N) is 2. The summed E-state index contributed by atoms with van der Waals surface area (Å²) in [4.78, 5) is 0. The van der Waals surface area contributed by atoms with Crippen molar-refractivity contribution in [2.24, 2.45) is 0 Å². The van der Waals surface area contributed by atoms with Gasteiger partial charge in [-0.25, -0.2) is 4.68 Å². The zero-order valence-corrected chi connectivity index (χ0v) is 12.2. The Balaban J connectivity index is 2.03. The molecule has 20 heavy (non-hydrogen) atoms. The number of rotatable bonds is 3. The van der Waals surface area contributed by atoms with E-state index in [0.29, 0.717) is 0 Å². The first-order valence-corrected chi connectivity index (χ1v) is 7.71. The zero-order valence-electron chi connectivity index (χ0n) is 12.2. The summed E-state index contributed by atoms with van der Waals surface area (Å²) in [6.07, 6.45) is 8.12. The molecule has 2 heterocycles. The van der Waals surface area contributed by atoms with E-state index in [4.69, 9.17) is 0 Å². The molecule has 0 spiro atoms. The van der Waals surface area contributed by atoms with Gasteiger partial charge in [0.05, 0.1) is 16.9 Å². The molecule has 1 fully saturated rings. The number of para-hydroxylation sites is 1. The SMILES string of the molecule is CCC1(c2ccnn2-c2ccccc2)CCCCCN1. The van der Waals surface area contributed by atoms with Crippen LogP contribution in [0, 0.1) is 0 Å². The van der Waals surface area contributed by atoms with E-state index in [1.54, 1.807) is 0 Å². The summed E-state index contributed by atoms with van der Waals surface area (Å²) in [6, 6.07) is 12.6. The molecule has 1 aliphatic rings. The Morgan fingerprint density at radius 2 is 2.00 bits per heavy atom. The molecule has 1 N–H and O–H groups in total. The molecule has 1 saturated heterocycles. The van der Waals surface area contributed by atoms with Crippen molar-refractivity contribution in [2.45, 2.75) is 44.6 Å². The average molecular weight is 269 g/mol. The van der Waals surface area contributed by atoms with Gasteiger partial charge in [0.1, 0.15) is 0 Å². The second kappa shape index (κ2) is 5.80. The molecule has 3 heteroatoms. The lowest BCUT2D eigenvalue weighted by Gasteiger charge is -2.33. The molecule has 0 saturated carbocycles. The largest absolute Gasteiger partial charge is 0.306 e. The van der Waals surface area contributed by atoms with Gasteiger partial charge >= 0.3 is 0 Å². The summed E-state index contributed by atoms with van der Waals surface area (Å²) in [5.74, 6) is 0. The van der Waals surface area contributed by atoms with Crippen molar-refractivity contribution >= 4 is 0 Å². The Hall–Kier alpha value is -1.61. The normalized spacial score (nSPS) is 23.4. The van der Waals surface area contributed by atoms with Gasteiger partial charge in [-0.05, 0) is 44.0 Å². The van der Waals surface area contributed by atoms with Crippen LogP contribution in [0.2, 0.25) is 0 Å². The van der Waals surface area contributed by atoms with Crippen LogP contribution in [0.15, 0.2) is 42.6 Å². The van der Waals surface area contributed by atoms with Gasteiger partial charge in [0.25, 0.3) is 0 Å². The molecule has 3 rings (SSSR count). The fourth-order valence-corrected chi connectivity index (χ4v) is 3.29. The van der Waals surface area contributed by atoms with Crippen LogP contribution in [0.1, 0.15) is 44.7 Å². The maximum Gasteiger partial charge on any atom is 0.0649 e. The Labute approximate surface area is 121 Å². The highest BCUT2D eigenvalue weighted by molar-refractivity contribution is 5.34. The van der Waals surface area contributed by atoms with E-state index >= 15 is 0 Å². The summed E-state index contributed by atoms with van der Waals surface area (Å²) in [5.41, 5.74) is 2.52. The third-order valence-corrected chi connectivity index (χ3v) is 4.48. The minimum Gasteiger partial charge on any atom is -0.306 e. The fourth-order valence-electron chi connectivity index (χ4n) is 3.29. The van der Waals surface area contributed by atoms with E-state index in [2.05, 4.69) is 52.4 Å². The Bertz CT molecular complexity index is 536. The van der Waals surface area contributed by atoms with Crippen LogP contribution in [-0.4, -0.2) is 16.3 Å². The summed E-state index contributed by atoms with van der Waals surface area (Å²) in [5, 5.41) is 8.36. The van der Waals surface area contributed by atoms with Crippen molar-refractivity contribution in [1.29, 1.82) is 0 Å². The van der Waals surface area contributed by atoms with Gasteiger partial charge in [-0.3, -0.25) is 0 Å². The van der Waals surface area contributed by atoms with E-state index in [0.717, 1.165) is 18.7 Å². The number of aromatic nitrogens is 2. The predicted molar refractivity (Wildman–Crippen MR) is 82.0 cm³/mol. The number of benzene rings is 1. The molecule has 1 aliphatic heterocycles. The first-order chi connectivity index (χ1) is 9.86. The van der Waals surface area contributed by atoms with Gasteiger partial charge in [0.15, 0.2) is 0 Å². The molecule has 0 radical (unpaired) electrons. The van der Waals surface area contributed by atoms with Crippen LogP contribution in [0.25, 0.3) is 5.69 Å². The van der Waals surface area contributed by atoms with E-state index in [9.17, 15) is 0 Å². The molecule has 1 aromatic heterocycles. The predicted octanol–water partition coefficient (Wildman–Crippen LogP) is 3.64. The highest BCUT2D eigenvalue weighted by atomic mass is 15.3. The second-order valence-corrected chi connectivity index (χ2v) is 5.64. The molecule has 106 valence electrons. The fraction of sp³-hybridized carbons (Fsp3) is 0.471.